The van der Waals surface area contributed by atoms with Crippen LogP contribution in [0.3, 0.4) is 0 Å². The van der Waals surface area contributed by atoms with E-state index in [1.807, 2.05) is 4.90 Å². The van der Waals surface area contributed by atoms with E-state index in [-0.39, 0.29) is 18.3 Å². The Hall–Kier alpha value is -1.29. The van der Waals surface area contributed by atoms with Crippen LogP contribution in [-0.4, -0.2) is 28.4 Å². The molecule has 0 bridgehead atoms. The molecule has 0 aliphatic carbocycles. The molecule has 0 radical (unpaired) electrons. The molecule has 1 amide bonds. The van der Waals surface area contributed by atoms with E-state index < -0.39 is 0 Å². The molecule has 1 aliphatic rings. The van der Waals surface area contributed by atoms with Gasteiger partial charge in [0, 0.05) is 12.6 Å². The standard InChI is InChI=1S/C12H17N3O.ClH/c1-8-5-9(2)15(7-8)12(16)11-4-3-10(13)6-14-11;/h3-4,6,8-9H,5,7,13H2,1-2H3;1H. The third kappa shape index (κ3) is 2.88. The van der Waals surface area contributed by atoms with Gasteiger partial charge in [0.1, 0.15) is 5.69 Å². The number of anilines is 1. The number of halogens is 1. The molecule has 5 heteroatoms. The van der Waals surface area contributed by atoms with Crippen LogP contribution in [0.4, 0.5) is 5.69 Å². The minimum absolute atomic E-state index is 0. The summed E-state index contributed by atoms with van der Waals surface area (Å²) >= 11 is 0. The molecule has 1 saturated heterocycles. The lowest BCUT2D eigenvalue weighted by Crippen LogP contribution is -2.34. The highest BCUT2D eigenvalue weighted by molar-refractivity contribution is 5.92. The summed E-state index contributed by atoms with van der Waals surface area (Å²) in [5, 5.41) is 0. The summed E-state index contributed by atoms with van der Waals surface area (Å²) in [6.45, 7) is 5.07. The van der Waals surface area contributed by atoms with Crippen molar-refractivity contribution in [3.63, 3.8) is 0 Å². The molecule has 0 spiro atoms. The summed E-state index contributed by atoms with van der Waals surface area (Å²) in [5.74, 6) is 0.588. The molecule has 1 aromatic heterocycles. The Balaban J connectivity index is 0.00000144. The number of nitrogens with two attached hydrogens (primary N) is 1. The number of aromatic nitrogens is 1. The number of nitrogens with zero attached hydrogens (tertiary/aromatic N) is 2. The maximum atomic E-state index is 12.1. The number of pyridine rings is 1. The monoisotopic (exact) mass is 255 g/mol. The number of hydrogen-bond acceptors (Lipinski definition) is 3. The molecular formula is C12H18ClN3O. The molecule has 2 atom stereocenters. The van der Waals surface area contributed by atoms with Gasteiger partial charge in [0.15, 0.2) is 0 Å². The van der Waals surface area contributed by atoms with E-state index in [1.54, 1.807) is 12.1 Å². The molecule has 2 heterocycles. The average Bonchev–Trinajstić information content (AvgIpc) is 2.58. The summed E-state index contributed by atoms with van der Waals surface area (Å²) in [5.41, 5.74) is 6.61. The first kappa shape index (κ1) is 13.8. The van der Waals surface area contributed by atoms with Crippen LogP contribution in [0, 0.1) is 5.92 Å². The highest BCUT2D eigenvalue weighted by Crippen LogP contribution is 2.23. The summed E-state index contributed by atoms with van der Waals surface area (Å²) in [7, 11) is 0. The lowest BCUT2D eigenvalue weighted by molar-refractivity contribution is 0.0738. The Morgan fingerprint density at radius 1 is 1.47 bits per heavy atom. The molecule has 0 saturated carbocycles. The fourth-order valence-electron chi connectivity index (χ4n) is 2.26. The van der Waals surface area contributed by atoms with E-state index in [4.69, 9.17) is 5.73 Å². The van der Waals surface area contributed by atoms with Crippen molar-refractivity contribution < 1.29 is 4.79 Å². The lowest BCUT2D eigenvalue weighted by Gasteiger charge is -2.20. The minimum atomic E-state index is 0. The third-order valence-electron chi connectivity index (χ3n) is 3.05. The first-order chi connectivity index (χ1) is 7.58. The third-order valence-corrected chi connectivity index (χ3v) is 3.05. The normalized spacial score (nSPS) is 23.3. The molecule has 0 aromatic carbocycles. The van der Waals surface area contributed by atoms with Crippen molar-refractivity contribution in [3.8, 4) is 0 Å². The zero-order chi connectivity index (χ0) is 11.7. The van der Waals surface area contributed by atoms with E-state index in [2.05, 4.69) is 18.8 Å². The van der Waals surface area contributed by atoms with Gasteiger partial charge < -0.3 is 10.6 Å². The Morgan fingerprint density at radius 3 is 2.65 bits per heavy atom. The molecule has 2 N–H and O–H groups in total. The van der Waals surface area contributed by atoms with Gasteiger partial charge in [0.25, 0.3) is 5.91 Å². The van der Waals surface area contributed by atoms with Crippen molar-refractivity contribution in [2.75, 3.05) is 12.3 Å². The van der Waals surface area contributed by atoms with Crippen LogP contribution in [0.25, 0.3) is 0 Å². The van der Waals surface area contributed by atoms with Crippen molar-refractivity contribution >= 4 is 24.0 Å². The zero-order valence-electron chi connectivity index (χ0n) is 10.1. The Morgan fingerprint density at radius 2 is 2.18 bits per heavy atom. The summed E-state index contributed by atoms with van der Waals surface area (Å²) < 4.78 is 0. The summed E-state index contributed by atoms with van der Waals surface area (Å²) in [6.07, 6.45) is 2.60. The predicted molar refractivity (Wildman–Crippen MR) is 70.2 cm³/mol. The lowest BCUT2D eigenvalue weighted by atomic mass is 10.1. The smallest absolute Gasteiger partial charge is 0.272 e. The van der Waals surface area contributed by atoms with Crippen LogP contribution in [0.15, 0.2) is 18.3 Å². The van der Waals surface area contributed by atoms with Gasteiger partial charge in [-0.1, -0.05) is 6.92 Å². The number of carbonyl (C=O) groups excluding carboxylic acids is 1. The molecule has 1 fully saturated rings. The second kappa shape index (κ2) is 5.36. The molecule has 17 heavy (non-hydrogen) atoms. The molecule has 94 valence electrons. The Labute approximate surface area is 108 Å². The summed E-state index contributed by atoms with van der Waals surface area (Å²) in [6, 6.07) is 3.71. The number of nitrogen functional groups attached to an aromatic ring is 1. The molecule has 1 aromatic rings. The van der Waals surface area contributed by atoms with E-state index in [9.17, 15) is 4.79 Å². The number of hydrogen-bond donors (Lipinski definition) is 1. The maximum Gasteiger partial charge on any atom is 0.272 e. The predicted octanol–water partition coefficient (Wildman–Crippen LogP) is 1.96. The largest absolute Gasteiger partial charge is 0.397 e. The maximum absolute atomic E-state index is 12.1. The van der Waals surface area contributed by atoms with Crippen LogP contribution in [0.1, 0.15) is 30.8 Å². The highest BCUT2D eigenvalue weighted by atomic mass is 35.5. The van der Waals surface area contributed by atoms with Gasteiger partial charge in [-0.2, -0.15) is 0 Å². The van der Waals surface area contributed by atoms with Crippen molar-refractivity contribution in [1.29, 1.82) is 0 Å². The molecule has 4 nitrogen and oxygen atoms in total. The van der Waals surface area contributed by atoms with Crippen molar-refractivity contribution in [1.82, 2.24) is 9.88 Å². The fraction of sp³-hybridized carbons (Fsp3) is 0.500. The fourth-order valence-corrected chi connectivity index (χ4v) is 2.26. The molecule has 1 aliphatic heterocycles. The molecule has 2 unspecified atom stereocenters. The topological polar surface area (TPSA) is 59.2 Å². The van der Waals surface area contributed by atoms with Gasteiger partial charge in [-0.05, 0) is 31.4 Å². The van der Waals surface area contributed by atoms with Gasteiger partial charge in [-0.3, -0.25) is 4.79 Å². The number of likely N-dealkylation sites (tertiary alicyclic amines) is 1. The molecule has 2 rings (SSSR count). The van der Waals surface area contributed by atoms with Gasteiger partial charge in [0.2, 0.25) is 0 Å². The number of carbonyl (C=O) groups is 1. The van der Waals surface area contributed by atoms with Crippen molar-refractivity contribution in [2.24, 2.45) is 5.92 Å². The van der Waals surface area contributed by atoms with Crippen LogP contribution < -0.4 is 5.73 Å². The minimum Gasteiger partial charge on any atom is -0.397 e. The van der Waals surface area contributed by atoms with E-state index in [1.165, 1.54) is 6.20 Å². The van der Waals surface area contributed by atoms with E-state index >= 15 is 0 Å². The number of rotatable bonds is 1. The Bertz CT molecular complexity index is 393. The zero-order valence-corrected chi connectivity index (χ0v) is 10.9. The van der Waals surface area contributed by atoms with Gasteiger partial charge in [-0.15, -0.1) is 12.4 Å². The second-order valence-corrected chi connectivity index (χ2v) is 4.62. The van der Waals surface area contributed by atoms with Crippen molar-refractivity contribution in [3.05, 3.63) is 24.0 Å². The van der Waals surface area contributed by atoms with Gasteiger partial charge in [0.05, 0.1) is 11.9 Å². The second-order valence-electron chi connectivity index (χ2n) is 4.62. The van der Waals surface area contributed by atoms with Crippen molar-refractivity contribution in [2.45, 2.75) is 26.3 Å². The van der Waals surface area contributed by atoms with Crippen LogP contribution >= 0.6 is 12.4 Å². The van der Waals surface area contributed by atoms with Crippen LogP contribution in [0.2, 0.25) is 0 Å². The highest BCUT2D eigenvalue weighted by Gasteiger charge is 2.30. The van der Waals surface area contributed by atoms with E-state index in [0.717, 1.165) is 13.0 Å². The summed E-state index contributed by atoms with van der Waals surface area (Å²) in [4.78, 5) is 18.1. The van der Waals surface area contributed by atoms with E-state index in [0.29, 0.717) is 23.3 Å². The van der Waals surface area contributed by atoms with Crippen LogP contribution in [0.5, 0.6) is 0 Å². The Kier molecular flexibility index (Phi) is 4.34. The SMILES string of the molecule is CC1CC(C)N(C(=O)c2ccc(N)cn2)C1.Cl. The molecular weight excluding hydrogens is 238 g/mol. The van der Waals surface area contributed by atoms with Gasteiger partial charge in [-0.25, -0.2) is 4.98 Å². The van der Waals surface area contributed by atoms with Crippen LogP contribution in [-0.2, 0) is 0 Å². The van der Waals surface area contributed by atoms with Gasteiger partial charge >= 0.3 is 0 Å². The quantitative estimate of drug-likeness (QED) is 0.835. The first-order valence-corrected chi connectivity index (χ1v) is 5.60. The average molecular weight is 256 g/mol. The first-order valence-electron chi connectivity index (χ1n) is 5.60. The number of amides is 1.